The van der Waals surface area contributed by atoms with E-state index >= 15 is 0 Å². The van der Waals surface area contributed by atoms with Crippen LogP contribution in [-0.4, -0.2) is 30.4 Å². The van der Waals surface area contributed by atoms with E-state index in [1.54, 1.807) is 17.1 Å². The number of amides is 1. The highest BCUT2D eigenvalue weighted by Gasteiger charge is 2.17. The highest BCUT2D eigenvalue weighted by molar-refractivity contribution is 5.76. The number of carbonyl (C=O) groups is 1. The van der Waals surface area contributed by atoms with Crippen molar-refractivity contribution in [2.45, 2.75) is 26.7 Å². The van der Waals surface area contributed by atoms with Gasteiger partial charge in [0.1, 0.15) is 0 Å². The second kappa shape index (κ2) is 8.99. The van der Waals surface area contributed by atoms with Crippen molar-refractivity contribution < 1.29 is 4.79 Å². The molecule has 0 saturated carbocycles. The summed E-state index contributed by atoms with van der Waals surface area (Å²) in [4.78, 5) is 13.8. The minimum absolute atomic E-state index is 0.140. The fourth-order valence-corrected chi connectivity index (χ4v) is 1.90. The second-order valence-corrected chi connectivity index (χ2v) is 4.81. The number of nitrogens with zero attached hydrogens (tertiary/aromatic N) is 1. The SMILES string of the molecule is C=CCN(CC=C)C(=O)CC(CN)CC(C)C. The van der Waals surface area contributed by atoms with E-state index in [0.717, 1.165) is 6.42 Å². The van der Waals surface area contributed by atoms with Crippen molar-refractivity contribution in [3.8, 4) is 0 Å². The molecule has 0 rings (SSSR count). The first-order valence-electron chi connectivity index (χ1n) is 6.24. The van der Waals surface area contributed by atoms with Crippen molar-refractivity contribution >= 4 is 5.91 Å². The molecule has 3 nitrogen and oxygen atoms in total. The van der Waals surface area contributed by atoms with Gasteiger partial charge in [0.05, 0.1) is 0 Å². The molecule has 0 spiro atoms. The molecule has 1 atom stereocenters. The van der Waals surface area contributed by atoms with Crippen LogP contribution in [-0.2, 0) is 4.79 Å². The van der Waals surface area contributed by atoms with E-state index in [1.165, 1.54) is 0 Å². The number of hydrogen-bond acceptors (Lipinski definition) is 2. The first-order valence-corrected chi connectivity index (χ1v) is 6.24. The summed E-state index contributed by atoms with van der Waals surface area (Å²) in [6.45, 7) is 13.3. The number of hydrogen-bond donors (Lipinski definition) is 1. The zero-order valence-electron chi connectivity index (χ0n) is 11.2. The Balaban J connectivity index is 4.33. The standard InChI is InChI=1S/C14H26N2O/c1-5-7-16(8-6-2)14(17)10-13(11-15)9-12(3)4/h5-6,12-13H,1-2,7-11,15H2,3-4H3. The lowest BCUT2D eigenvalue weighted by Crippen LogP contribution is -2.34. The molecule has 0 aromatic rings. The van der Waals surface area contributed by atoms with Crippen molar-refractivity contribution in [2.75, 3.05) is 19.6 Å². The molecule has 3 heteroatoms. The zero-order chi connectivity index (χ0) is 13.3. The third kappa shape index (κ3) is 6.95. The normalized spacial score (nSPS) is 12.2. The molecule has 2 N–H and O–H groups in total. The molecular weight excluding hydrogens is 212 g/mol. The average molecular weight is 238 g/mol. The lowest BCUT2D eigenvalue weighted by atomic mass is 9.94. The summed E-state index contributed by atoms with van der Waals surface area (Å²) in [5.41, 5.74) is 5.71. The Morgan fingerprint density at radius 2 is 1.82 bits per heavy atom. The van der Waals surface area contributed by atoms with E-state index < -0.39 is 0 Å². The maximum atomic E-state index is 12.0. The average Bonchev–Trinajstić information content (AvgIpc) is 2.27. The largest absolute Gasteiger partial charge is 0.335 e. The van der Waals surface area contributed by atoms with E-state index in [2.05, 4.69) is 27.0 Å². The topological polar surface area (TPSA) is 46.3 Å². The number of carbonyl (C=O) groups excluding carboxylic acids is 1. The lowest BCUT2D eigenvalue weighted by Gasteiger charge is -2.23. The molecule has 0 aromatic carbocycles. The third-order valence-corrected chi connectivity index (χ3v) is 2.65. The molecule has 0 heterocycles. The Hall–Kier alpha value is -1.09. The molecule has 1 unspecified atom stereocenters. The number of nitrogens with two attached hydrogens (primary N) is 1. The van der Waals surface area contributed by atoms with Gasteiger partial charge in [0.15, 0.2) is 0 Å². The van der Waals surface area contributed by atoms with Crippen molar-refractivity contribution in [1.82, 2.24) is 4.90 Å². The Morgan fingerprint density at radius 3 is 2.18 bits per heavy atom. The van der Waals surface area contributed by atoms with E-state index in [-0.39, 0.29) is 11.8 Å². The van der Waals surface area contributed by atoms with Gasteiger partial charge in [-0.25, -0.2) is 0 Å². The summed E-state index contributed by atoms with van der Waals surface area (Å²) >= 11 is 0. The lowest BCUT2D eigenvalue weighted by molar-refractivity contribution is -0.131. The maximum Gasteiger partial charge on any atom is 0.223 e. The third-order valence-electron chi connectivity index (χ3n) is 2.65. The molecule has 0 aliphatic heterocycles. The van der Waals surface area contributed by atoms with Crippen LogP contribution in [0.5, 0.6) is 0 Å². The minimum Gasteiger partial charge on any atom is -0.335 e. The Kier molecular flexibility index (Phi) is 8.42. The molecule has 0 fully saturated rings. The summed E-state index contributed by atoms with van der Waals surface area (Å²) in [5.74, 6) is 0.990. The van der Waals surface area contributed by atoms with Crippen LogP contribution in [0.3, 0.4) is 0 Å². The maximum absolute atomic E-state index is 12.0. The van der Waals surface area contributed by atoms with Crippen LogP contribution < -0.4 is 5.73 Å². The van der Waals surface area contributed by atoms with E-state index in [9.17, 15) is 4.79 Å². The van der Waals surface area contributed by atoms with Crippen LogP contribution in [0.15, 0.2) is 25.3 Å². The van der Waals surface area contributed by atoms with E-state index in [1.807, 2.05) is 0 Å². The van der Waals surface area contributed by atoms with Gasteiger partial charge < -0.3 is 10.6 Å². The molecule has 17 heavy (non-hydrogen) atoms. The molecule has 0 radical (unpaired) electrons. The fraction of sp³-hybridized carbons (Fsp3) is 0.643. The zero-order valence-corrected chi connectivity index (χ0v) is 11.2. The summed E-state index contributed by atoms with van der Waals surface area (Å²) in [6, 6.07) is 0. The molecule has 0 aliphatic rings. The number of rotatable bonds is 9. The monoisotopic (exact) mass is 238 g/mol. The predicted octanol–water partition coefficient (Wildman–Crippen LogP) is 2.20. The predicted molar refractivity (Wildman–Crippen MR) is 73.6 cm³/mol. The van der Waals surface area contributed by atoms with Crippen LogP contribution >= 0.6 is 0 Å². The fourth-order valence-electron chi connectivity index (χ4n) is 1.90. The highest BCUT2D eigenvalue weighted by Crippen LogP contribution is 2.15. The van der Waals surface area contributed by atoms with Gasteiger partial charge in [-0.3, -0.25) is 4.79 Å². The smallest absolute Gasteiger partial charge is 0.223 e. The first kappa shape index (κ1) is 15.9. The minimum atomic E-state index is 0.140. The summed E-state index contributed by atoms with van der Waals surface area (Å²) in [7, 11) is 0. The van der Waals surface area contributed by atoms with Crippen molar-refractivity contribution in [3.05, 3.63) is 25.3 Å². The van der Waals surface area contributed by atoms with Gasteiger partial charge in [-0.15, -0.1) is 13.2 Å². The second-order valence-electron chi connectivity index (χ2n) is 4.81. The van der Waals surface area contributed by atoms with E-state index in [0.29, 0.717) is 32.0 Å². The van der Waals surface area contributed by atoms with Crippen molar-refractivity contribution in [2.24, 2.45) is 17.6 Å². The molecule has 0 aliphatic carbocycles. The van der Waals surface area contributed by atoms with Crippen LogP contribution in [0.25, 0.3) is 0 Å². The van der Waals surface area contributed by atoms with Gasteiger partial charge in [0, 0.05) is 19.5 Å². The molecule has 0 bridgehead atoms. The van der Waals surface area contributed by atoms with Gasteiger partial charge in [0.2, 0.25) is 5.91 Å². The van der Waals surface area contributed by atoms with E-state index in [4.69, 9.17) is 5.73 Å². The Morgan fingerprint density at radius 1 is 1.29 bits per heavy atom. The summed E-state index contributed by atoms with van der Waals surface area (Å²) in [5, 5.41) is 0. The molecular formula is C14H26N2O. The molecule has 0 aromatic heterocycles. The first-order chi connectivity index (χ1) is 8.04. The molecule has 1 amide bonds. The Labute approximate surface area is 105 Å². The van der Waals surface area contributed by atoms with Crippen LogP contribution in [0.4, 0.5) is 0 Å². The summed E-state index contributed by atoms with van der Waals surface area (Å²) < 4.78 is 0. The van der Waals surface area contributed by atoms with Crippen molar-refractivity contribution in [3.63, 3.8) is 0 Å². The van der Waals surface area contributed by atoms with Crippen LogP contribution in [0.1, 0.15) is 26.7 Å². The Bertz CT molecular complexity index is 239. The van der Waals surface area contributed by atoms with Gasteiger partial charge in [0.25, 0.3) is 0 Å². The van der Waals surface area contributed by atoms with Crippen molar-refractivity contribution in [1.29, 1.82) is 0 Å². The summed E-state index contributed by atoms with van der Waals surface area (Å²) in [6.07, 6.45) is 5.00. The highest BCUT2D eigenvalue weighted by atomic mass is 16.2. The van der Waals surface area contributed by atoms with Gasteiger partial charge in [-0.2, -0.15) is 0 Å². The molecule has 0 saturated heterocycles. The van der Waals surface area contributed by atoms with Gasteiger partial charge in [-0.1, -0.05) is 26.0 Å². The van der Waals surface area contributed by atoms with Gasteiger partial charge >= 0.3 is 0 Å². The molecule has 98 valence electrons. The quantitative estimate of drug-likeness (QED) is 0.626. The van der Waals surface area contributed by atoms with Gasteiger partial charge in [-0.05, 0) is 24.8 Å². The van der Waals surface area contributed by atoms with Crippen LogP contribution in [0.2, 0.25) is 0 Å². The van der Waals surface area contributed by atoms with Crippen LogP contribution in [0, 0.1) is 11.8 Å².